The van der Waals surface area contributed by atoms with Crippen LogP contribution in [0.25, 0.3) is 10.8 Å². The van der Waals surface area contributed by atoms with Crippen LogP contribution in [0.3, 0.4) is 0 Å². The third-order valence-electron chi connectivity index (χ3n) is 2.82. The second-order valence-electron chi connectivity index (χ2n) is 4.01. The second-order valence-corrected chi connectivity index (χ2v) is 9.42. The first-order chi connectivity index (χ1) is 8.41. The van der Waals surface area contributed by atoms with Gasteiger partial charge in [-0.2, -0.15) is 0 Å². The summed E-state index contributed by atoms with van der Waals surface area (Å²) >= 11 is 17.4. The Morgan fingerprint density at radius 2 is 1.44 bits per heavy atom. The summed E-state index contributed by atoms with van der Waals surface area (Å²) in [6, 6.07) is 11.3. The van der Waals surface area contributed by atoms with Crippen molar-refractivity contribution in [3.05, 3.63) is 36.4 Å². The van der Waals surface area contributed by atoms with Crippen molar-refractivity contribution < 1.29 is 4.57 Å². The molecule has 0 aliphatic carbocycles. The number of rotatable bonds is 0. The molecule has 1 heterocycles. The van der Waals surface area contributed by atoms with E-state index >= 15 is 0 Å². The SMILES string of the molecule is O=P1(C(Cl)(Cl)Cl)Nc2cccc3cccc(c23)N1. The second kappa shape index (κ2) is 3.94. The van der Waals surface area contributed by atoms with Crippen molar-refractivity contribution in [3.63, 3.8) is 0 Å². The van der Waals surface area contributed by atoms with E-state index in [4.69, 9.17) is 34.8 Å². The molecule has 0 atom stereocenters. The first-order valence-electron chi connectivity index (χ1n) is 5.16. The fourth-order valence-corrected chi connectivity index (χ4v) is 4.14. The molecule has 0 fully saturated rings. The molecule has 3 nitrogen and oxygen atoms in total. The van der Waals surface area contributed by atoms with Gasteiger partial charge in [-0.3, -0.25) is 4.57 Å². The molecule has 0 radical (unpaired) electrons. The Morgan fingerprint density at radius 3 is 1.89 bits per heavy atom. The van der Waals surface area contributed by atoms with E-state index in [1.165, 1.54) is 0 Å². The highest BCUT2D eigenvalue weighted by Crippen LogP contribution is 2.66. The maximum Gasteiger partial charge on any atom is 0.308 e. The summed E-state index contributed by atoms with van der Waals surface area (Å²) in [6.07, 6.45) is 0. The van der Waals surface area contributed by atoms with Crippen LogP contribution < -0.4 is 10.2 Å². The average molecular weight is 322 g/mol. The van der Waals surface area contributed by atoms with E-state index in [1.54, 1.807) is 0 Å². The highest BCUT2D eigenvalue weighted by atomic mass is 35.6. The van der Waals surface area contributed by atoms with Crippen molar-refractivity contribution in [2.75, 3.05) is 10.2 Å². The molecule has 1 aliphatic heterocycles. The van der Waals surface area contributed by atoms with E-state index in [2.05, 4.69) is 10.2 Å². The van der Waals surface area contributed by atoms with Crippen LogP contribution in [0.1, 0.15) is 0 Å². The van der Waals surface area contributed by atoms with Gasteiger partial charge in [-0.15, -0.1) is 0 Å². The Morgan fingerprint density at radius 1 is 0.944 bits per heavy atom. The fraction of sp³-hybridized carbons (Fsp3) is 0.0909. The number of hydrogen-bond donors (Lipinski definition) is 2. The highest BCUT2D eigenvalue weighted by Gasteiger charge is 2.47. The summed E-state index contributed by atoms with van der Waals surface area (Å²) in [5, 5.41) is 7.63. The number of hydrogen-bond acceptors (Lipinski definition) is 1. The van der Waals surface area contributed by atoms with Gasteiger partial charge in [-0.25, -0.2) is 0 Å². The zero-order valence-electron chi connectivity index (χ0n) is 8.95. The molecule has 2 N–H and O–H groups in total. The van der Waals surface area contributed by atoms with Crippen molar-refractivity contribution in [2.45, 2.75) is 3.53 Å². The van der Waals surface area contributed by atoms with Gasteiger partial charge in [0.25, 0.3) is 3.53 Å². The van der Waals surface area contributed by atoms with Gasteiger partial charge in [0.15, 0.2) is 0 Å². The van der Waals surface area contributed by atoms with Crippen LogP contribution in [0.2, 0.25) is 0 Å². The molecule has 1 aliphatic rings. The molecule has 0 bridgehead atoms. The minimum absolute atomic E-state index is 0.705. The van der Waals surface area contributed by atoms with E-state index in [1.807, 2.05) is 36.4 Å². The van der Waals surface area contributed by atoms with E-state index in [9.17, 15) is 4.57 Å². The molecule has 0 spiro atoms. The van der Waals surface area contributed by atoms with Crippen molar-refractivity contribution in [1.29, 1.82) is 0 Å². The zero-order chi connectivity index (χ0) is 13.0. The Labute approximate surface area is 119 Å². The minimum atomic E-state index is -3.39. The lowest BCUT2D eigenvalue weighted by Gasteiger charge is -2.33. The maximum absolute atomic E-state index is 12.6. The molecule has 0 saturated heterocycles. The molecular weight excluding hydrogens is 313 g/mol. The van der Waals surface area contributed by atoms with Crippen LogP contribution in [0.4, 0.5) is 11.4 Å². The van der Waals surface area contributed by atoms with Gasteiger partial charge in [0, 0.05) is 5.39 Å². The van der Waals surface area contributed by atoms with Gasteiger partial charge in [0.2, 0.25) is 0 Å². The Bertz CT molecular complexity index is 639. The van der Waals surface area contributed by atoms with Gasteiger partial charge >= 0.3 is 7.44 Å². The standard InChI is InChI=1S/C11H8Cl3N2OP/c12-11(13,14)18(17)15-8-5-1-3-7-4-2-6-9(16-18)10(7)8/h1-6H,(H2,15,16,17). The van der Waals surface area contributed by atoms with Crippen LogP contribution in [0.15, 0.2) is 36.4 Å². The molecule has 18 heavy (non-hydrogen) atoms. The Hall–Kier alpha value is -0.600. The van der Waals surface area contributed by atoms with Crippen molar-refractivity contribution >= 4 is 64.4 Å². The number of nitrogens with one attached hydrogen (secondary N) is 2. The van der Waals surface area contributed by atoms with Gasteiger partial charge in [-0.1, -0.05) is 59.1 Å². The molecule has 0 aromatic heterocycles. The summed E-state index contributed by atoms with van der Waals surface area (Å²) in [4.78, 5) is 0. The molecule has 2 aromatic carbocycles. The average Bonchev–Trinajstić information content (AvgIpc) is 2.27. The predicted molar refractivity (Wildman–Crippen MR) is 79.1 cm³/mol. The van der Waals surface area contributed by atoms with E-state index < -0.39 is 11.0 Å². The van der Waals surface area contributed by atoms with Gasteiger partial charge in [-0.05, 0) is 17.5 Å². The molecule has 0 unspecified atom stereocenters. The van der Waals surface area contributed by atoms with Crippen LogP contribution in [0, 0.1) is 0 Å². The van der Waals surface area contributed by atoms with Crippen molar-refractivity contribution in [2.24, 2.45) is 0 Å². The lowest BCUT2D eigenvalue weighted by atomic mass is 10.1. The molecule has 7 heteroatoms. The fourth-order valence-electron chi connectivity index (χ4n) is 2.02. The van der Waals surface area contributed by atoms with Crippen LogP contribution >= 0.6 is 42.2 Å². The molecule has 2 aromatic rings. The quantitative estimate of drug-likeness (QED) is 0.518. The highest BCUT2D eigenvalue weighted by molar-refractivity contribution is 7.74. The summed E-state index contributed by atoms with van der Waals surface area (Å²) < 4.78 is 10.7. The number of alkyl halides is 3. The number of benzene rings is 2. The zero-order valence-corrected chi connectivity index (χ0v) is 12.1. The summed E-state index contributed by atoms with van der Waals surface area (Å²) in [7, 11) is -3.39. The third kappa shape index (κ3) is 1.78. The monoisotopic (exact) mass is 320 g/mol. The minimum Gasteiger partial charge on any atom is -0.317 e. The number of halogens is 3. The van der Waals surface area contributed by atoms with Crippen molar-refractivity contribution in [3.8, 4) is 0 Å². The summed E-state index contributed by atoms with van der Waals surface area (Å²) in [5.74, 6) is 0. The molecular formula is C11H8Cl3N2OP. The number of anilines is 2. The predicted octanol–water partition coefficient (Wildman–Crippen LogP) is 5.20. The molecule has 94 valence electrons. The molecule has 0 amide bonds. The first kappa shape index (κ1) is 12.4. The van der Waals surface area contributed by atoms with Crippen LogP contribution in [0.5, 0.6) is 0 Å². The molecule has 3 rings (SSSR count). The Balaban J connectivity index is 2.26. The lowest BCUT2D eigenvalue weighted by Crippen LogP contribution is -2.21. The van der Waals surface area contributed by atoms with E-state index in [0.29, 0.717) is 11.4 Å². The Kier molecular flexibility index (Phi) is 2.73. The first-order valence-corrected chi connectivity index (χ1v) is 8.00. The van der Waals surface area contributed by atoms with Crippen LogP contribution in [-0.4, -0.2) is 3.53 Å². The van der Waals surface area contributed by atoms with Crippen molar-refractivity contribution in [1.82, 2.24) is 0 Å². The molecule has 0 saturated carbocycles. The summed E-state index contributed by atoms with van der Waals surface area (Å²) in [5.41, 5.74) is 1.41. The largest absolute Gasteiger partial charge is 0.317 e. The van der Waals surface area contributed by atoms with Gasteiger partial charge in [0.05, 0.1) is 11.4 Å². The van der Waals surface area contributed by atoms with E-state index in [0.717, 1.165) is 10.8 Å². The van der Waals surface area contributed by atoms with E-state index in [-0.39, 0.29) is 0 Å². The van der Waals surface area contributed by atoms with Crippen LogP contribution in [-0.2, 0) is 4.57 Å². The third-order valence-corrected chi connectivity index (χ3v) is 6.79. The normalized spacial score (nSPS) is 17.1. The maximum atomic E-state index is 12.6. The van der Waals surface area contributed by atoms with Gasteiger partial charge < -0.3 is 10.2 Å². The van der Waals surface area contributed by atoms with Gasteiger partial charge in [0.1, 0.15) is 0 Å². The smallest absolute Gasteiger partial charge is 0.308 e. The summed E-state index contributed by atoms with van der Waals surface area (Å²) in [6.45, 7) is 0. The lowest BCUT2D eigenvalue weighted by molar-refractivity contribution is 0.581. The topological polar surface area (TPSA) is 41.1 Å².